The molecule has 0 radical (unpaired) electrons. The van der Waals surface area contributed by atoms with Gasteiger partial charge in [0.25, 0.3) is 5.91 Å². The normalized spacial score (nSPS) is 10.2. The van der Waals surface area contributed by atoms with E-state index in [9.17, 15) is 9.18 Å². The van der Waals surface area contributed by atoms with Crippen LogP contribution < -0.4 is 5.32 Å². The number of hydrogen-bond donors (Lipinski definition) is 1. The first-order valence-corrected chi connectivity index (χ1v) is 5.11. The summed E-state index contributed by atoms with van der Waals surface area (Å²) in [6.45, 7) is 2.03. The van der Waals surface area contributed by atoms with Gasteiger partial charge in [0.05, 0.1) is 12.1 Å². The van der Waals surface area contributed by atoms with Crippen molar-refractivity contribution in [2.45, 2.75) is 13.5 Å². The molecule has 0 aliphatic rings. The lowest BCUT2D eigenvalue weighted by Crippen LogP contribution is -2.23. The second-order valence-corrected chi connectivity index (χ2v) is 3.54. The van der Waals surface area contributed by atoms with Crippen LogP contribution in [0, 0.1) is 12.9 Å². The first-order valence-electron chi connectivity index (χ1n) is 5.11. The van der Waals surface area contributed by atoms with Gasteiger partial charge in [0.1, 0.15) is 11.5 Å². The standard InChI is InChI=1S/C12H11FN2O2/c1-8-4-5-9(17-8)7-15-12(16)10-3-2-6-14-11(10)13/h2-6H,7H2,1H3,(H,15,16). The smallest absolute Gasteiger partial charge is 0.256 e. The number of halogens is 1. The first-order chi connectivity index (χ1) is 8.16. The fourth-order valence-electron chi connectivity index (χ4n) is 1.40. The van der Waals surface area contributed by atoms with E-state index in [0.29, 0.717) is 5.76 Å². The number of nitrogens with zero attached hydrogens (tertiary/aromatic N) is 1. The maximum atomic E-state index is 13.2. The molecule has 17 heavy (non-hydrogen) atoms. The Morgan fingerprint density at radius 3 is 2.94 bits per heavy atom. The van der Waals surface area contributed by atoms with Gasteiger partial charge in [-0.3, -0.25) is 4.79 Å². The molecule has 1 amide bonds. The van der Waals surface area contributed by atoms with E-state index in [0.717, 1.165) is 5.76 Å². The van der Waals surface area contributed by atoms with Crippen molar-refractivity contribution in [1.82, 2.24) is 10.3 Å². The number of amides is 1. The number of nitrogens with one attached hydrogen (secondary N) is 1. The molecule has 2 aromatic heterocycles. The summed E-state index contributed by atoms with van der Waals surface area (Å²) in [4.78, 5) is 15.0. The second kappa shape index (κ2) is 4.78. The highest BCUT2D eigenvalue weighted by Gasteiger charge is 2.11. The molecule has 0 aliphatic heterocycles. The number of carbonyl (C=O) groups excluding carboxylic acids is 1. The molecule has 4 nitrogen and oxygen atoms in total. The molecule has 88 valence electrons. The molecule has 5 heteroatoms. The van der Waals surface area contributed by atoms with E-state index < -0.39 is 11.9 Å². The molecule has 2 rings (SSSR count). The molecule has 0 spiro atoms. The maximum absolute atomic E-state index is 13.2. The van der Waals surface area contributed by atoms with E-state index in [-0.39, 0.29) is 12.1 Å². The van der Waals surface area contributed by atoms with Crippen molar-refractivity contribution in [1.29, 1.82) is 0 Å². The SMILES string of the molecule is Cc1ccc(CNC(=O)c2cccnc2F)o1. The Balaban J connectivity index is 2.01. The molecule has 0 bridgehead atoms. The third-order valence-corrected chi connectivity index (χ3v) is 2.22. The molecule has 2 aromatic rings. The highest BCUT2D eigenvalue weighted by molar-refractivity contribution is 5.93. The summed E-state index contributed by atoms with van der Waals surface area (Å²) >= 11 is 0. The Bertz CT molecular complexity index is 537. The minimum Gasteiger partial charge on any atom is -0.465 e. The third-order valence-electron chi connectivity index (χ3n) is 2.22. The van der Waals surface area contributed by atoms with E-state index in [4.69, 9.17) is 4.42 Å². The molecule has 0 aliphatic carbocycles. The van der Waals surface area contributed by atoms with Crippen molar-refractivity contribution < 1.29 is 13.6 Å². The Morgan fingerprint density at radius 2 is 2.29 bits per heavy atom. The van der Waals surface area contributed by atoms with Crippen molar-refractivity contribution >= 4 is 5.91 Å². The molecule has 0 fully saturated rings. The van der Waals surface area contributed by atoms with Gasteiger partial charge in [0.15, 0.2) is 0 Å². The average Bonchev–Trinajstić information content (AvgIpc) is 2.73. The van der Waals surface area contributed by atoms with Gasteiger partial charge in [-0.2, -0.15) is 4.39 Å². The number of carbonyl (C=O) groups is 1. The highest BCUT2D eigenvalue weighted by Crippen LogP contribution is 2.07. The zero-order valence-electron chi connectivity index (χ0n) is 9.24. The van der Waals surface area contributed by atoms with Gasteiger partial charge < -0.3 is 9.73 Å². The van der Waals surface area contributed by atoms with Crippen molar-refractivity contribution in [2.24, 2.45) is 0 Å². The molecule has 0 saturated heterocycles. The molecular formula is C12H11FN2O2. The van der Waals surface area contributed by atoms with Gasteiger partial charge in [0.2, 0.25) is 5.95 Å². The number of furan rings is 1. The molecule has 0 aromatic carbocycles. The number of pyridine rings is 1. The topological polar surface area (TPSA) is 55.1 Å². The molecular weight excluding hydrogens is 223 g/mol. The minimum atomic E-state index is -0.777. The summed E-state index contributed by atoms with van der Waals surface area (Å²) < 4.78 is 18.5. The van der Waals surface area contributed by atoms with E-state index in [1.165, 1.54) is 18.3 Å². The summed E-state index contributed by atoms with van der Waals surface area (Å²) in [6.07, 6.45) is 1.29. The van der Waals surface area contributed by atoms with Crippen LogP contribution in [0.2, 0.25) is 0 Å². The lowest BCUT2D eigenvalue weighted by molar-refractivity contribution is 0.0943. The van der Waals surface area contributed by atoms with Crippen molar-refractivity contribution in [3.8, 4) is 0 Å². The van der Waals surface area contributed by atoms with Crippen LogP contribution in [0.4, 0.5) is 4.39 Å². The number of rotatable bonds is 3. The zero-order valence-corrected chi connectivity index (χ0v) is 9.24. The third kappa shape index (κ3) is 2.69. The summed E-state index contributed by atoms with van der Waals surface area (Å²) in [7, 11) is 0. The Morgan fingerprint density at radius 1 is 1.47 bits per heavy atom. The number of aromatic nitrogens is 1. The fourth-order valence-corrected chi connectivity index (χ4v) is 1.40. The molecule has 0 saturated carbocycles. The second-order valence-electron chi connectivity index (χ2n) is 3.54. The number of hydrogen-bond acceptors (Lipinski definition) is 3. The Kier molecular flexibility index (Phi) is 3.18. The lowest BCUT2D eigenvalue weighted by atomic mass is 10.2. The van der Waals surface area contributed by atoms with Crippen LogP contribution in [0.15, 0.2) is 34.9 Å². The van der Waals surface area contributed by atoms with E-state index >= 15 is 0 Å². The first kappa shape index (κ1) is 11.3. The summed E-state index contributed by atoms with van der Waals surface area (Å²) in [5.41, 5.74) is -0.0734. The predicted octanol–water partition coefficient (Wildman–Crippen LogP) is 2.05. The van der Waals surface area contributed by atoms with Crippen molar-refractivity contribution in [3.05, 3.63) is 53.5 Å². The van der Waals surface area contributed by atoms with Crippen LogP contribution in [0.5, 0.6) is 0 Å². The van der Waals surface area contributed by atoms with Gasteiger partial charge in [-0.1, -0.05) is 0 Å². The molecule has 0 unspecified atom stereocenters. The van der Waals surface area contributed by atoms with E-state index in [1.54, 1.807) is 12.1 Å². The monoisotopic (exact) mass is 234 g/mol. The zero-order chi connectivity index (χ0) is 12.3. The summed E-state index contributed by atoms with van der Waals surface area (Å²) in [5, 5.41) is 2.56. The van der Waals surface area contributed by atoms with Crippen molar-refractivity contribution in [2.75, 3.05) is 0 Å². The van der Waals surface area contributed by atoms with E-state index in [2.05, 4.69) is 10.3 Å². The van der Waals surface area contributed by atoms with Crippen LogP contribution in [0.25, 0.3) is 0 Å². The predicted molar refractivity (Wildman–Crippen MR) is 58.8 cm³/mol. The van der Waals surface area contributed by atoms with Crippen molar-refractivity contribution in [3.63, 3.8) is 0 Å². The van der Waals surface area contributed by atoms with Crippen LogP contribution in [-0.2, 0) is 6.54 Å². The molecule has 1 N–H and O–H groups in total. The Labute approximate surface area is 97.5 Å². The van der Waals surface area contributed by atoms with Crippen LogP contribution in [-0.4, -0.2) is 10.9 Å². The van der Waals surface area contributed by atoms with Crippen LogP contribution in [0.3, 0.4) is 0 Å². The maximum Gasteiger partial charge on any atom is 0.256 e. The van der Waals surface area contributed by atoms with Crippen LogP contribution in [0.1, 0.15) is 21.9 Å². The molecule has 2 heterocycles. The van der Waals surface area contributed by atoms with Gasteiger partial charge >= 0.3 is 0 Å². The quantitative estimate of drug-likeness (QED) is 0.827. The molecule has 0 atom stereocenters. The fraction of sp³-hybridized carbons (Fsp3) is 0.167. The highest BCUT2D eigenvalue weighted by atomic mass is 19.1. The van der Waals surface area contributed by atoms with E-state index in [1.807, 2.05) is 6.92 Å². The van der Waals surface area contributed by atoms with Gasteiger partial charge in [-0.25, -0.2) is 4.98 Å². The van der Waals surface area contributed by atoms with Gasteiger partial charge in [-0.15, -0.1) is 0 Å². The van der Waals surface area contributed by atoms with Crippen LogP contribution >= 0.6 is 0 Å². The number of aryl methyl sites for hydroxylation is 1. The average molecular weight is 234 g/mol. The summed E-state index contributed by atoms with van der Waals surface area (Å²) in [6, 6.07) is 6.45. The van der Waals surface area contributed by atoms with Gasteiger partial charge in [0, 0.05) is 6.20 Å². The largest absolute Gasteiger partial charge is 0.465 e. The lowest BCUT2D eigenvalue weighted by Gasteiger charge is -2.03. The summed E-state index contributed by atoms with van der Waals surface area (Å²) in [5.74, 6) is 0.104. The van der Waals surface area contributed by atoms with Gasteiger partial charge in [-0.05, 0) is 31.2 Å². The Hall–Kier alpha value is -2.17. The minimum absolute atomic E-state index is 0.0734.